The highest BCUT2D eigenvalue weighted by molar-refractivity contribution is 7.19. The molecule has 0 unspecified atom stereocenters. The van der Waals surface area contributed by atoms with Gasteiger partial charge in [0.15, 0.2) is 0 Å². The van der Waals surface area contributed by atoms with Crippen LogP contribution < -0.4 is 10.2 Å². The maximum absolute atomic E-state index is 5.47. The molecule has 0 fully saturated rings. The van der Waals surface area contributed by atoms with Gasteiger partial charge in [-0.3, -0.25) is 5.43 Å². The Hall–Kier alpha value is -3.44. The van der Waals surface area contributed by atoms with E-state index in [4.69, 9.17) is 9.72 Å². The van der Waals surface area contributed by atoms with Crippen LogP contribution >= 0.6 is 11.3 Å². The lowest BCUT2D eigenvalue weighted by atomic mass is 10.1. The molecule has 3 aromatic carbocycles. The highest BCUT2D eigenvalue weighted by Gasteiger charge is 2.14. The van der Waals surface area contributed by atoms with Crippen LogP contribution in [0, 0.1) is 6.92 Å². The fourth-order valence-corrected chi connectivity index (χ4v) is 3.98. The average Bonchev–Trinajstić information content (AvgIpc) is 3.20. The second kappa shape index (κ2) is 9.37. The molecule has 0 spiro atoms. The number of nitrogens with one attached hydrogen (secondary N) is 1. The van der Waals surface area contributed by atoms with Gasteiger partial charge < -0.3 is 4.74 Å². The number of rotatable bonds is 7. The first-order valence-electron chi connectivity index (χ1n) is 9.88. The molecule has 0 aliphatic heterocycles. The average molecular weight is 414 g/mol. The quantitative estimate of drug-likeness (QED) is 0.273. The van der Waals surface area contributed by atoms with Crippen LogP contribution in [0.4, 0.5) is 5.13 Å². The van der Waals surface area contributed by atoms with E-state index >= 15 is 0 Å². The van der Waals surface area contributed by atoms with Gasteiger partial charge in [0.2, 0.25) is 5.13 Å². The number of hydrogen-bond donors (Lipinski definition) is 1. The van der Waals surface area contributed by atoms with Gasteiger partial charge in [0, 0.05) is 5.56 Å². The minimum atomic E-state index is 0.659. The maximum atomic E-state index is 5.47. The molecule has 4 rings (SSSR count). The Morgan fingerprint density at radius 2 is 1.67 bits per heavy atom. The third-order valence-corrected chi connectivity index (χ3v) is 5.56. The van der Waals surface area contributed by atoms with Crippen molar-refractivity contribution in [1.29, 1.82) is 0 Å². The van der Waals surface area contributed by atoms with Crippen LogP contribution in [0.3, 0.4) is 0 Å². The van der Waals surface area contributed by atoms with Crippen molar-refractivity contribution >= 4 is 22.7 Å². The molecule has 1 aromatic heterocycles. The van der Waals surface area contributed by atoms with Crippen LogP contribution in [-0.4, -0.2) is 17.8 Å². The number of anilines is 1. The van der Waals surface area contributed by atoms with Crippen molar-refractivity contribution in [3.05, 3.63) is 90.0 Å². The number of ether oxygens (including phenoxy) is 1. The van der Waals surface area contributed by atoms with Crippen LogP contribution in [-0.2, 0) is 0 Å². The Bertz CT molecular complexity index is 1120. The second-order valence-electron chi connectivity index (χ2n) is 6.80. The smallest absolute Gasteiger partial charge is 0.204 e. The van der Waals surface area contributed by atoms with Crippen molar-refractivity contribution in [1.82, 2.24) is 4.98 Å². The van der Waals surface area contributed by atoms with Gasteiger partial charge >= 0.3 is 0 Å². The summed E-state index contributed by atoms with van der Waals surface area (Å²) in [6.45, 7) is 4.72. The van der Waals surface area contributed by atoms with Gasteiger partial charge in [-0.1, -0.05) is 71.5 Å². The normalized spacial score (nSPS) is 11.0. The predicted octanol–water partition coefficient (Wildman–Crippen LogP) is 6.63. The second-order valence-corrected chi connectivity index (χ2v) is 7.80. The van der Waals surface area contributed by atoms with Gasteiger partial charge in [-0.2, -0.15) is 5.10 Å². The molecule has 4 aromatic rings. The Balaban J connectivity index is 1.58. The number of aryl methyl sites for hydroxylation is 1. The van der Waals surface area contributed by atoms with Crippen molar-refractivity contribution in [3.8, 4) is 27.4 Å². The number of aromatic nitrogens is 1. The molecule has 0 saturated carbocycles. The fourth-order valence-electron chi connectivity index (χ4n) is 3.04. The van der Waals surface area contributed by atoms with Crippen molar-refractivity contribution in [2.45, 2.75) is 13.8 Å². The van der Waals surface area contributed by atoms with Crippen molar-refractivity contribution in [2.75, 3.05) is 12.0 Å². The Morgan fingerprint density at radius 3 is 2.37 bits per heavy atom. The van der Waals surface area contributed by atoms with Gasteiger partial charge in [0.25, 0.3) is 0 Å². The molecule has 0 radical (unpaired) electrons. The van der Waals surface area contributed by atoms with E-state index in [9.17, 15) is 0 Å². The Kier molecular flexibility index (Phi) is 6.20. The zero-order valence-corrected chi connectivity index (χ0v) is 17.8. The highest BCUT2D eigenvalue weighted by Crippen LogP contribution is 2.39. The third-order valence-electron chi connectivity index (χ3n) is 4.55. The van der Waals surface area contributed by atoms with Gasteiger partial charge in [-0.05, 0) is 49.2 Å². The lowest BCUT2D eigenvalue weighted by Crippen LogP contribution is -1.92. The van der Waals surface area contributed by atoms with Gasteiger partial charge in [-0.15, -0.1) is 0 Å². The van der Waals surface area contributed by atoms with Gasteiger partial charge in [0.05, 0.1) is 23.4 Å². The molecule has 1 heterocycles. The van der Waals surface area contributed by atoms with E-state index in [0.717, 1.165) is 38.1 Å². The zero-order valence-electron chi connectivity index (χ0n) is 17.0. The number of benzene rings is 3. The summed E-state index contributed by atoms with van der Waals surface area (Å²) < 4.78 is 5.47. The molecule has 1 N–H and O–H groups in total. The largest absolute Gasteiger partial charge is 0.494 e. The molecule has 0 aliphatic carbocycles. The number of nitrogens with zero attached hydrogens (tertiary/aromatic N) is 2. The lowest BCUT2D eigenvalue weighted by molar-refractivity contribution is 0.340. The molecule has 5 heteroatoms. The molecular formula is C25H23N3OS. The molecule has 0 aliphatic rings. The van der Waals surface area contributed by atoms with E-state index < -0.39 is 0 Å². The minimum absolute atomic E-state index is 0.659. The minimum Gasteiger partial charge on any atom is -0.494 e. The Morgan fingerprint density at radius 1 is 0.933 bits per heavy atom. The third kappa shape index (κ3) is 4.75. The van der Waals surface area contributed by atoms with Crippen LogP contribution in [0.5, 0.6) is 5.75 Å². The van der Waals surface area contributed by atoms with Crippen molar-refractivity contribution < 1.29 is 4.74 Å². The first-order chi connectivity index (χ1) is 14.7. The van der Waals surface area contributed by atoms with E-state index in [0.29, 0.717) is 6.61 Å². The van der Waals surface area contributed by atoms with Crippen molar-refractivity contribution in [2.24, 2.45) is 5.10 Å². The summed E-state index contributed by atoms with van der Waals surface area (Å²) in [5.41, 5.74) is 8.52. The van der Waals surface area contributed by atoms with E-state index in [1.807, 2.05) is 49.4 Å². The highest BCUT2D eigenvalue weighted by atomic mass is 32.1. The predicted molar refractivity (Wildman–Crippen MR) is 127 cm³/mol. The van der Waals surface area contributed by atoms with Crippen LogP contribution in [0.15, 0.2) is 84.0 Å². The summed E-state index contributed by atoms with van der Waals surface area (Å²) in [4.78, 5) is 5.95. The molecule has 30 heavy (non-hydrogen) atoms. The molecule has 150 valence electrons. The summed E-state index contributed by atoms with van der Waals surface area (Å²) in [6.07, 6.45) is 1.78. The molecule has 0 atom stereocenters. The number of thiazole rings is 1. The van der Waals surface area contributed by atoms with Crippen molar-refractivity contribution in [3.63, 3.8) is 0 Å². The summed E-state index contributed by atoms with van der Waals surface area (Å²) >= 11 is 1.60. The maximum Gasteiger partial charge on any atom is 0.204 e. The Labute approximate surface area is 180 Å². The SMILES string of the molecule is CCOc1ccc(/C=N\Nc2nc(-c3ccc(C)cc3)c(-c3ccccc3)s2)cc1. The van der Waals surface area contributed by atoms with Crippen LogP contribution in [0.25, 0.3) is 21.7 Å². The summed E-state index contributed by atoms with van der Waals surface area (Å²) in [7, 11) is 0. The van der Waals surface area contributed by atoms with Gasteiger partial charge in [0.1, 0.15) is 5.75 Å². The number of hydrazone groups is 1. The topological polar surface area (TPSA) is 46.5 Å². The zero-order chi connectivity index (χ0) is 20.8. The van der Waals surface area contributed by atoms with E-state index in [2.05, 4.69) is 53.8 Å². The van der Waals surface area contributed by atoms with E-state index in [-0.39, 0.29) is 0 Å². The number of hydrogen-bond acceptors (Lipinski definition) is 5. The fraction of sp³-hybridized carbons (Fsp3) is 0.120. The summed E-state index contributed by atoms with van der Waals surface area (Å²) in [5.74, 6) is 0.859. The first kappa shape index (κ1) is 19.9. The molecule has 0 bridgehead atoms. The van der Waals surface area contributed by atoms with Crippen LogP contribution in [0.1, 0.15) is 18.1 Å². The molecule has 4 nitrogen and oxygen atoms in total. The van der Waals surface area contributed by atoms with Gasteiger partial charge in [-0.25, -0.2) is 4.98 Å². The standard InChI is InChI=1S/C25H23N3OS/c1-3-29-22-15-11-19(12-16-22)17-26-28-25-27-23(20-13-9-18(2)10-14-20)24(30-25)21-7-5-4-6-8-21/h4-17H,3H2,1-2H3,(H,27,28)/b26-17-. The van der Waals surface area contributed by atoms with Crippen LogP contribution in [0.2, 0.25) is 0 Å². The molecular weight excluding hydrogens is 390 g/mol. The first-order valence-corrected chi connectivity index (χ1v) is 10.7. The molecule has 0 amide bonds. The lowest BCUT2D eigenvalue weighted by Gasteiger charge is -2.03. The summed E-state index contributed by atoms with van der Waals surface area (Å²) in [5, 5.41) is 5.13. The van der Waals surface area contributed by atoms with E-state index in [1.54, 1.807) is 17.6 Å². The monoisotopic (exact) mass is 413 g/mol. The summed E-state index contributed by atoms with van der Waals surface area (Å²) in [6, 6.07) is 26.6. The van der Waals surface area contributed by atoms with E-state index in [1.165, 1.54) is 5.56 Å². The molecule has 0 saturated heterocycles.